The van der Waals surface area contributed by atoms with Crippen LogP contribution in [0.15, 0.2) is 54.6 Å². The molecule has 0 aliphatic rings. The van der Waals surface area contributed by atoms with Crippen LogP contribution in [0.5, 0.6) is 5.75 Å². The van der Waals surface area contributed by atoms with Crippen molar-refractivity contribution in [1.82, 2.24) is 9.78 Å². The summed E-state index contributed by atoms with van der Waals surface area (Å²) in [6.07, 6.45) is -0.444. The molecule has 1 N–H and O–H groups in total. The lowest BCUT2D eigenvalue weighted by molar-refractivity contribution is -0.136. The summed E-state index contributed by atoms with van der Waals surface area (Å²) < 4.78 is 21.0. The number of rotatable bonds is 5. The number of para-hydroxylation sites is 1. The van der Waals surface area contributed by atoms with Crippen LogP contribution in [0.1, 0.15) is 5.56 Å². The number of aliphatic carboxylic acids is 1. The summed E-state index contributed by atoms with van der Waals surface area (Å²) in [5.41, 5.74) is 1.51. The minimum absolute atomic E-state index is 0.0523. The third-order valence-corrected chi connectivity index (χ3v) is 3.61. The quantitative estimate of drug-likeness (QED) is 0.781. The monoisotopic (exact) mass is 326 g/mol. The predicted molar refractivity (Wildman–Crippen MR) is 86.8 cm³/mol. The summed E-state index contributed by atoms with van der Waals surface area (Å²) in [6.45, 7) is 0. The third kappa shape index (κ3) is 2.99. The molecule has 0 radical (unpaired) electrons. The Balaban J connectivity index is 2.14. The fourth-order valence-corrected chi connectivity index (χ4v) is 2.46. The highest BCUT2D eigenvalue weighted by atomic mass is 19.1. The molecule has 0 amide bonds. The van der Waals surface area contributed by atoms with Crippen LogP contribution in [-0.2, 0) is 11.2 Å². The number of halogens is 1. The number of carboxylic acid groups (broad SMARTS) is 1. The molecule has 0 atom stereocenters. The third-order valence-electron chi connectivity index (χ3n) is 3.61. The van der Waals surface area contributed by atoms with Crippen LogP contribution < -0.4 is 4.74 Å². The maximum absolute atomic E-state index is 14.8. The standard InChI is InChI=1S/C18H15FN2O3/c1-24-14-9-7-12(8-10-14)17-15(11-16(22)23)18(19)21(20-17)13-5-3-2-4-6-13/h2-10H,11H2,1H3,(H,22,23). The molecule has 0 aliphatic carbocycles. The van der Waals surface area contributed by atoms with Gasteiger partial charge in [-0.1, -0.05) is 18.2 Å². The van der Waals surface area contributed by atoms with Gasteiger partial charge < -0.3 is 9.84 Å². The Morgan fingerprint density at radius 2 is 1.83 bits per heavy atom. The van der Waals surface area contributed by atoms with E-state index < -0.39 is 18.3 Å². The average molecular weight is 326 g/mol. The van der Waals surface area contributed by atoms with E-state index in [4.69, 9.17) is 9.84 Å². The number of ether oxygens (including phenoxy) is 1. The zero-order valence-electron chi connectivity index (χ0n) is 12.9. The fraction of sp³-hybridized carbons (Fsp3) is 0.111. The molecule has 0 spiro atoms. The second kappa shape index (κ2) is 6.54. The van der Waals surface area contributed by atoms with Gasteiger partial charge in [-0.15, -0.1) is 0 Å². The highest BCUT2D eigenvalue weighted by Gasteiger charge is 2.22. The number of benzene rings is 2. The number of aromatic nitrogens is 2. The zero-order valence-corrected chi connectivity index (χ0v) is 12.9. The van der Waals surface area contributed by atoms with Crippen LogP contribution in [0.2, 0.25) is 0 Å². The normalized spacial score (nSPS) is 10.6. The molecule has 5 nitrogen and oxygen atoms in total. The summed E-state index contributed by atoms with van der Waals surface area (Å²) in [4.78, 5) is 11.1. The molecule has 24 heavy (non-hydrogen) atoms. The van der Waals surface area contributed by atoms with Crippen LogP contribution in [0.3, 0.4) is 0 Å². The van der Waals surface area contributed by atoms with Gasteiger partial charge in [0.25, 0.3) is 0 Å². The number of methoxy groups -OCH3 is 1. The van der Waals surface area contributed by atoms with Gasteiger partial charge in [-0.2, -0.15) is 9.49 Å². The molecule has 1 aromatic heterocycles. The average Bonchev–Trinajstić information content (AvgIpc) is 2.92. The number of carboxylic acids is 1. The van der Waals surface area contributed by atoms with Gasteiger partial charge in [-0.25, -0.2) is 4.68 Å². The lowest BCUT2D eigenvalue weighted by atomic mass is 10.1. The number of hydrogen-bond acceptors (Lipinski definition) is 3. The van der Waals surface area contributed by atoms with E-state index in [1.807, 2.05) is 6.07 Å². The van der Waals surface area contributed by atoms with Crippen molar-refractivity contribution in [3.05, 3.63) is 66.1 Å². The molecule has 3 rings (SSSR count). The number of hydrogen-bond donors (Lipinski definition) is 1. The van der Waals surface area contributed by atoms with Crippen molar-refractivity contribution in [2.24, 2.45) is 0 Å². The molecule has 6 heteroatoms. The first-order chi connectivity index (χ1) is 11.6. The second-order valence-electron chi connectivity index (χ2n) is 5.16. The Hall–Kier alpha value is -3.15. The van der Waals surface area contributed by atoms with Crippen molar-refractivity contribution < 1.29 is 19.0 Å². The lowest BCUT2D eigenvalue weighted by Crippen LogP contribution is -2.04. The van der Waals surface area contributed by atoms with Crippen molar-refractivity contribution in [1.29, 1.82) is 0 Å². The molecule has 2 aromatic carbocycles. The molecular weight excluding hydrogens is 311 g/mol. The summed E-state index contributed by atoms with van der Waals surface area (Å²) in [5.74, 6) is -1.13. The van der Waals surface area contributed by atoms with E-state index in [1.165, 1.54) is 0 Å². The Morgan fingerprint density at radius 3 is 2.42 bits per heavy atom. The van der Waals surface area contributed by atoms with Gasteiger partial charge >= 0.3 is 5.97 Å². The summed E-state index contributed by atoms with van der Waals surface area (Å²) in [7, 11) is 1.55. The van der Waals surface area contributed by atoms with Crippen LogP contribution in [0.25, 0.3) is 16.9 Å². The molecule has 0 unspecified atom stereocenters. The predicted octanol–water partition coefficient (Wildman–Crippen LogP) is 3.31. The lowest BCUT2D eigenvalue weighted by Gasteiger charge is -2.02. The maximum atomic E-state index is 14.8. The first-order valence-electron chi connectivity index (χ1n) is 7.29. The molecule has 122 valence electrons. The van der Waals surface area contributed by atoms with Crippen LogP contribution in [0, 0.1) is 5.95 Å². The smallest absolute Gasteiger partial charge is 0.308 e. The van der Waals surface area contributed by atoms with Crippen LogP contribution in [0.4, 0.5) is 4.39 Å². The summed E-state index contributed by atoms with van der Waals surface area (Å²) >= 11 is 0. The topological polar surface area (TPSA) is 64.4 Å². The van der Waals surface area contributed by atoms with E-state index in [9.17, 15) is 9.18 Å². The molecular formula is C18H15FN2O3. The summed E-state index contributed by atoms with van der Waals surface area (Å²) in [6, 6.07) is 15.6. The zero-order chi connectivity index (χ0) is 17.1. The second-order valence-corrected chi connectivity index (χ2v) is 5.16. The fourth-order valence-electron chi connectivity index (χ4n) is 2.46. The molecule has 0 aliphatic heterocycles. The largest absolute Gasteiger partial charge is 0.497 e. The molecule has 0 saturated heterocycles. The van der Waals surface area contributed by atoms with Gasteiger partial charge in [0, 0.05) is 11.1 Å². The van der Waals surface area contributed by atoms with Crippen molar-refractivity contribution in [3.8, 4) is 22.7 Å². The number of carbonyl (C=O) groups is 1. The Kier molecular flexibility index (Phi) is 4.29. The van der Waals surface area contributed by atoms with E-state index in [-0.39, 0.29) is 5.56 Å². The van der Waals surface area contributed by atoms with E-state index >= 15 is 0 Å². The highest BCUT2D eigenvalue weighted by molar-refractivity contribution is 5.75. The van der Waals surface area contributed by atoms with E-state index in [1.54, 1.807) is 55.6 Å². The van der Waals surface area contributed by atoms with Gasteiger partial charge in [-0.3, -0.25) is 4.79 Å². The van der Waals surface area contributed by atoms with E-state index in [0.717, 1.165) is 4.68 Å². The Morgan fingerprint density at radius 1 is 1.17 bits per heavy atom. The SMILES string of the molecule is COc1ccc(-c2nn(-c3ccccc3)c(F)c2CC(=O)O)cc1. The van der Waals surface area contributed by atoms with Gasteiger partial charge in [0.15, 0.2) is 0 Å². The van der Waals surface area contributed by atoms with Crippen LogP contribution >= 0.6 is 0 Å². The first-order valence-corrected chi connectivity index (χ1v) is 7.29. The molecule has 0 bridgehead atoms. The summed E-state index contributed by atoms with van der Waals surface area (Å²) in [5, 5.41) is 13.4. The van der Waals surface area contributed by atoms with Gasteiger partial charge in [0.2, 0.25) is 5.95 Å². The minimum Gasteiger partial charge on any atom is -0.497 e. The molecule has 0 saturated carbocycles. The molecule has 3 aromatic rings. The van der Waals surface area contributed by atoms with Crippen molar-refractivity contribution in [3.63, 3.8) is 0 Å². The molecule has 1 heterocycles. The highest BCUT2D eigenvalue weighted by Crippen LogP contribution is 2.28. The van der Waals surface area contributed by atoms with Crippen molar-refractivity contribution in [2.45, 2.75) is 6.42 Å². The van der Waals surface area contributed by atoms with Crippen molar-refractivity contribution in [2.75, 3.05) is 7.11 Å². The van der Waals surface area contributed by atoms with Gasteiger partial charge in [-0.05, 0) is 36.4 Å². The minimum atomic E-state index is -1.11. The first kappa shape index (κ1) is 15.7. The van der Waals surface area contributed by atoms with E-state index in [0.29, 0.717) is 22.7 Å². The Labute approximate surface area is 137 Å². The maximum Gasteiger partial charge on any atom is 0.308 e. The van der Waals surface area contributed by atoms with Crippen LogP contribution in [-0.4, -0.2) is 28.0 Å². The van der Waals surface area contributed by atoms with Gasteiger partial charge in [0.1, 0.15) is 5.75 Å². The number of nitrogens with zero attached hydrogens (tertiary/aromatic N) is 2. The van der Waals surface area contributed by atoms with Gasteiger partial charge in [0.05, 0.1) is 24.9 Å². The molecule has 0 fully saturated rings. The van der Waals surface area contributed by atoms with E-state index in [2.05, 4.69) is 5.10 Å². The Bertz CT molecular complexity index is 858. The van der Waals surface area contributed by atoms with Crippen molar-refractivity contribution >= 4 is 5.97 Å².